The first-order valence-corrected chi connectivity index (χ1v) is 15.4. The van der Waals surface area contributed by atoms with Gasteiger partial charge in [0.1, 0.15) is 29.8 Å². The first kappa shape index (κ1) is 29.5. The molecule has 2 N–H and O–H groups in total. The summed E-state index contributed by atoms with van der Waals surface area (Å²) in [7, 11) is 0. The Morgan fingerprint density at radius 3 is 2.63 bits per heavy atom. The molecule has 4 heterocycles. The van der Waals surface area contributed by atoms with Crippen LogP contribution in [-0.2, 0) is 28.7 Å². The number of halogens is 1. The van der Waals surface area contributed by atoms with E-state index >= 15 is 0 Å². The first-order chi connectivity index (χ1) is 20.7. The number of carbonyl (C=O) groups excluding carboxylic acids is 4. The molecule has 4 aliphatic heterocycles. The van der Waals surface area contributed by atoms with E-state index in [1.165, 1.54) is 4.90 Å². The number of hydrogen-bond acceptors (Lipinski definition) is 7. The highest BCUT2D eigenvalue weighted by atomic mass is 79.9. The quantitative estimate of drug-likeness (QED) is 0.386. The first-order valence-electron chi connectivity index (χ1n) is 14.6. The zero-order valence-corrected chi connectivity index (χ0v) is 25.5. The number of nitrogens with one attached hydrogen (secondary N) is 1. The van der Waals surface area contributed by atoms with Crippen LogP contribution in [0.1, 0.15) is 26.7 Å². The summed E-state index contributed by atoms with van der Waals surface area (Å²) in [6.45, 7) is 3.26. The average Bonchev–Trinajstić information content (AvgIpc) is 3.59. The van der Waals surface area contributed by atoms with Gasteiger partial charge in [0.25, 0.3) is 5.91 Å². The molecule has 43 heavy (non-hydrogen) atoms. The fraction of sp³-hybridized carbons (Fsp3) is 0.438. The minimum Gasteiger partial charge on any atom is -0.460 e. The number of nitrogens with zero attached hydrogens (tertiary/aromatic N) is 2. The Morgan fingerprint density at radius 2 is 1.86 bits per heavy atom. The lowest BCUT2D eigenvalue weighted by molar-refractivity contribution is -0.159. The lowest BCUT2D eigenvalue weighted by atomic mass is 9.74. The van der Waals surface area contributed by atoms with Crippen molar-refractivity contribution in [3.05, 3.63) is 65.2 Å². The largest absolute Gasteiger partial charge is 0.460 e. The molecule has 2 saturated heterocycles. The van der Waals surface area contributed by atoms with Crippen LogP contribution in [0.4, 0.5) is 5.69 Å². The van der Waals surface area contributed by atoms with Gasteiger partial charge in [-0.05, 0) is 49.2 Å². The third-order valence-corrected chi connectivity index (χ3v) is 9.50. The topological polar surface area (TPSA) is 125 Å². The van der Waals surface area contributed by atoms with Crippen molar-refractivity contribution in [1.29, 1.82) is 0 Å². The van der Waals surface area contributed by atoms with Crippen LogP contribution in [0.5, 0.6) is 0 Å². The number of cyclic esters (lactones) is 1. The highest BCUT2D eigenvalue weighted by Crippen LogP contribution is 2.59. The van der Waals surface area contributed by atoms with E-state index in [-0.39, 0.29) is 32.0 Å². The number of amides is 3. The Hall–Kier alpha value is -3.54. The summed E-state index contributed by atoms with van der Waals surface area (Å²) in [5.74, 6) is -3.72. The molecule has 7 atom stereocenters. The maximum Gasteiger partial charge on any atom is 0.313 e. The van der Waals surface area contributed by atoms with Gasteiger partial charge in [-0.25, -0.2) is 0 Å². The Morgan fingerprint density at radius 1 is 1.09 bits per heavy atom. The number of aliphatic hydroxyl groups excluding tert-OH is 1. The Labute approximate surface area is 257 Å². The van der Waals surface area contributed by atoms with Gasteiger partial charge in [-0.3, -0.25) is 19.2 Å². The molecular weight excluding hydrogens is 618 g/mol. The van der Waals surface area contributed by atoms with E-state index in [4.69, 9.17) is 9.47 Å². The molecule has 1 spiro atoms. The molecule has 0 radical (unpaired) electrons. The van der Waals surface area contributed by atoms with E-state index in [9.17, 15) is 24.3 Å². The number of anilines is 1. The lowest BCUT2D eigenvalue weighted by Gasteiger charge is -2.37. The number of benzene rings is 2. The predicted octanol–water partition coefficient (Wildman–Crippen LogP) is 2.82. The van der Waals surface area contributed by atoms with Crippen molar-refractivity contribution in [2.24, 2.45) is 11.8 Å². The van der Waals surface area contributed by atoms with E-state index in [0.717, 1.165) is 10.8 Å². The van der Waals surface area contributed by atoms with Crippen molar-refractivity contribution in [2.45, 2.75) is 56.6 Å². The summed E-state index contributed by atoms with van der Waals surface area (Å²) in [5, 5.41) is 14.9. The molecule has 0 saturated carbocycles. The van der Waals surface area contributed by atoms with Gasteiger partial charge in [0.15, 0.2) is 0 Å². The molecule has 6 rings (SSSR count). The molecule has 0 aliphatic carbocycles. The molecule has 11 heteroatoms. The minimum absolute atomic E-state index is 0.123. The number of esters is 1. The summed E-state index contributed by atoms with van der Waals surface area (Å²) in [6.07, 6.45) is 4.65. The molecule has 0 unspecified atom stereocenters. The summed E-state index contributed by atoms with van der Waals surface area (Å²) in [4.78, 5) is 58.1. The fourth-order valence-electron chi connectivity index (χ4n) is 6.76. The number of fused-ring (bicyclic) bond motifs is 3. The van der Waals surface area contributed by atoms with Gasteiger partial charge in [0.05, 0.1) is 25.1 Å². The third-order valence-electron chi connectivity index (χ3n) is 8.82. The monoisotopic (exact) mass is 651 g/mol. The number of rotatable bonds is 3. The van der Waals surface area contributed by atoms with E-state index in [2.05, 4.69) is 21.2 Å². The van der Waals surface area contributed by atoms with Crippen LogP contribution in [0, 0.1) is 11.8 Å². The molecule has 4 aliphatic rings. The highest BCUT2D eigenvalue weighted by molar-refractivity contribution is 9.11. The van der Waals surface area contributed by atoms with Crippen LogP contribution in [-0.4, -0.2) is 83.3 Å². The van der Waals surface area contributed by atoms with Crippen LogP contribution < -0.4 is 10.2 Å². The number of carbonyl (C=O) groups is 4. The van der Waals surface area contributed by atoms with E-state index in [0.29, 0.717) is 16.6 Å². The Balaban J connectivity index is 1.49. The number of aliphatic hydroxyl groups is 1. The van der Waals surface area contributed by atoms with Crippen LogP contribution in [0.15, 0.2) is 65.2 Å². The van der Waals surface area contributed by atoms with Gasteiger partial charge in [0.2, 0.25) is 11.8 Å². The highest BCUT2D eigenvalue weighted by Gasteiger charge is 2.75. The van der Waals surface area contributed by atoms with Crippen LogP contribution >= 0.6 is 15.9 Å². The maximum absolute atomic E-state index is 14.8. The number of likely N-dealkylation sites (tertiary alicyclic amines) is 1. The minimum atomic E-state index is -1.45. The average molecular weight is 653 g/mol. The molecule has 5 bridgehead atoms. The second-order valence-electron chi connectivity index (χ2n) is 11.6. The molecule has 3 amide bonds. The molecule has 0 aromatic heterocycles. The Kier molecular flexibility index (Phi) is 7.91. The molecular formula is C32H34BrN3O7. The fourth-order valence-corrected chi connectivity index (χ4v) is 7.50. The van der Waals surface area contributed by atoms with Gasteiger partial charge in [-0.1, -0.05) is 58.4 Å². The summed E-state index contributed by atoms with van der Waals surface area (Å²) in [5.41, 5.74) is -0.831. The second kappa shape index (κ2) is 11.5. The zero-order chi connectivity index (χ0) is 30.5. The summed E-state index contributed by atoms with van der Waals surface area (Å²) in [6, 6.07) is 11.7. The van der Waals surface area contributed by atoms with Crippen LogP contribution in [0.3, 0.4) is 0 Å². The van der Waals surface area contributed by atoms with Crippen molar-refractivity contribution in [3.63, 3.8) is 0 Å². The zero-order valence-electron chi connectivity index (χ0n) is 23.9. The van der Waals surface area contributed by atoms with Crippen molar-refractivity contribution in [3.8, 4) is 0 Å². The van der Waals surface area contributed by atoms with E-state index < -0.39 is 59.5 Å². The number of hydrogen-bond donors (Lipinski definition) is 2. The van der Waals surface area contributed by atoms with Gasteiger partial charge in [-0.2, -0.15) is 0 Å². The van der Waals surface area contributed by atoms with Gasteiger partial charge in [0, 0.05) is 23.1 Å². The van der Waals surface area contributed by atoms with E-state index in [1.807, 2.05) is 54.6 Å². The second-order valence-corrected chi connectivity index (χ2v) is 12.6. The predicted molar refractivity (Wildman–Crippen MR) is 162 cm³/mol. The van der Waals surface area contributed by atoms with Gasteiger partial charge < -0.3 is 29.7 Å². The third kappa shape index (κ3) is 4.97. The van der Waals surface area contributed by atoms with Crippen LogP contribution in [0.2, 0.25) is 0 Å². The summed E-state index contributed by atoms with van der Waals surface area (Å²) >= 11 is 3.54. The normalized spacial score (nSPS) is 32.8. The number of ether oxygens (including phenoxy) is 2. The Bertz CT molecular complexity index is 1540. The molecule has 2 aromatic carbocycles. The number of allylic oxidation sites excluding steroid dienone is 1. The van der Waals surface area contributed by atoms with Crippen LogP contribution in [0.25, 0.3) is 10.8 Å². The van der Waals surface area contributed by atoms with Crippen molar-refractivity contribution in [1.82, 2.24) is 10.2 Å². The smallest absolute Gasteiger partial charge is 0.313 e. The molecule has 226 valence electrons. The maximum atomic E-state index is 14.8. The molecule has 2 fully saturated rings. The van der Waals surface area contributed by atoms with Crippen molar-refractivity contribution >= 4 is 56.1 Å². The standard InChI is InChI=1S/C32H34BrN3O7/c1-18(17-37)36-28-30(40)35(22-12-11-20-8-5-6-9-21(20)14-22)13-7-3-4-10-24(38)34-16-19(2)42-31(41)25-26(29(36)39)32(28)15-23(33)27(25)43-32/h3,5-9,11-12,14-15,18-19,25-28,37H,4,10,13,16-17H2,1-2H3,(H,34,38)/b7-3-/t18-,19+,25-,26+,27-,28-,32+/m1/s1. The van der Waals surface area contributed by atoms with Gasteiger partial charge in [-0.15, -0.1) is 0 Å². The van der Waals surface area contributed by atoms with Crippen molar-refractivity contribution in [2.75, 3.05) is 24.6 Å². The molecule has 2 aromatic rings. The van der Waals surface area contributed by atoms with E-state index in [1.54, 1.807) is 24.8 Å². The summed E-state index contributed by atoms with van der Waals surface area (Å²) < 4.78 is 12.8. The lowest BCUT2D eigenvalue weighted by Crippen LogP contribution is -2.58. The van der Waals surface area contributed by atoms with Gasteiger partial charge >= 0.3 is 5.97 Å². The van der Waals surface area contributed by atoms with Crippen molar-refractivity contribution < 1.29 is 33.8 Å². The SMILES string of the molecule is C[C@H](CO)N1C(=O)[C@@H]2[C@H]3C(=O)O[C@@H](C)CNC(=O)CC/C=C\CN(c4ccc5ccccc5c4)C(=O)[C@@H]1[C@]21C=C(Br)[C@H]3O1. The molecule has 10 nitrogen and oxygen atoms in total.